The number of rotatable bonds is 7. The van der Waals surface area contributed by atoms with Crippen LogP contribution in [0.4, 0.5) is 4.39 Å². The van der Waals surface area contributed by atoms with Crippen molar-refractivity contribution in [3.63, 3.8) is 0 Å². The summed E-state index contributed by atoms with van der Waals surface area (Å²) in [6.07, 6.45) is 2.67. The van der Waals surface area contributed by atoms with Crippen LogP contribution in [0.1, 0.15) is 29.6 Å². The van der Waals surface area contributed by atoms with E-state index in [4.69, 9.17) is 16.3 Å². The smallest absolute Gasteiger partial charge is 0.252 e. The van der Waals surface area contributed by atoms with E-state index in [9.17, 15) is 17.6 Å². The molecule has 29 heavy (non-hydrogen) atoms. The SMILES string of the molecule is O=C(NCCOc1ccc(F)cc1)c1cc(S(=O)(=O)N2CCCCC2)ccc1Cl. The maximum atomic E-state index is 12.9. The van der Waals surface area contributed by atoms with Gasteiger partial charge in [-0.3, -0.25) is 4.79 Å². The van der Waals surface area contributed by atoms with E-state index >= 15 is 0 Å². The maximum Gasteiger partial charge on any atom is 0.252 e. The lowest BCUT2D eigenvalue weighted by molar-refractivity contribution is 0.0947. The number of carbonyl (C=O) groups excluding carboxylic acids is 1. The van der Waals surface area contributed by atoms with E-state index in [1.165, 1.54) is 46.8 Å². The minimum Gasteiger partial charge on any atom is -0.492 e. The van der Waals surface area contributed by atoms with Crippen molar-refractivity contribution in [2.45, 2.75) is 24.2 Å². The molecule has 0 radical (unpaired) electrons. The number of halogens is 2. The van der Waals surface area contributed by atoms with Crippen LogP contribution in [0.25, 0.3) is 0 Å². The molecule has 0 aromatic heterocycles. The third-order valence-corrected chi connectivity index (χ3v) is 6.83. The molecule has 0 unspecified atom stereocenters. The molecule has 1 aliphatic rings. The molecule has 1 heterocycles. The van der Waals surface area contributed by atoms with Crippen LogP contribution in [0.3, 0.4) is 0 Å². The lowest BCUT2D eigenvalue weighted by Gasteiger charge is -2.26. The molecule has 0 saturated carbocycles. The van der Waals surface area contributed by atoms with Gasteiger partial charge in [0.15, 0.2) is 0 Å². The topological polar surface area (TPSA) is 75.7 Å². The Morgan fingerprint density at radius 1 is 1.10 bits per heavy atom. The van der Waals surface area contributed by atoms with E-state index in [1.54, 1.807) is 0 Å². The Hall–Kier alpha value is -2.16. The molecule has 0 aliphatic carbocycles. The van der Waals surface area contributed by atoms with Crippen molar-refractivity contribution in [2.24, 2.45) is 0 Å². The van der Waals surface area contributed by atoms with Crippen molar-refractivity contribution in [3.05, 3.63) is 58.9 Å². The Morgan fingerprint density at radius 2 is 1.79 bits per heavy atom. The Morgan fingerprint density at radius 3 is 2.48 bits per heavy atom. The van der Waals surface area contributed by atoms with Crippen molar-refractivity contribution >= 4 is 27.5 Å². The fourth-order valence-corrected chi connectivity index (χ4v) is 4.80. The molecule has 1 fully saturated rings. The van der Waals surface area contributed by atoms with Crippen molar-refractivity contribution in [2.75, 3.05) is 26.2 Å². The van der Waals surface area contributed by atoms with Gasteiger partial charge in [-0.15, -0.1) is 0 Å². The first-order valence-electron chi connectivity index (χ1n) is 9.34. The molecule has 1 saturated heterocycles. The van der Waals surface area contributed by atoms with E-state index in [1.807, 2.05) is 0 Å². The number of benzene rings is 2. The minimum atomic E-state index is -3.66. The van der Waals surface area contributed by atoms with E-state index in [-0.39, 0.29) is 34.5 Å². The maximum absolute atomic E-state index is 12.9. The molecule has 2 aromatic carbocycles. The molecule has 6 nitrogen and oxygen atoms in total. The highest BCUT2D eigenvalue weighted by Gasteiger charge is 2.27. The zero-order chi connectivity index (χ0) is 20.9. The number of piperidine rings is 1. The molecule has 1 amide bonds. The normalized spacial score (nSPS) is 15.1. The second-order valence-electron chi connectivity index (χ2n) is 6.66. The summed E-state index contributed by atoms with van der Waals surface area (Å²) in [4.78, 5) is 12.5. The summed E-state index contributed by atoms with van der Waals surface area (Å²) in [5.41, 5.74) is 0.0894. The van der Waals surface area contributed by atoms with Crippen LogP contribution in [0.5, 0.6) is 5.75 Å². The highest BCUT2D eigenvalue weighted by atomic mass is 35.5. The van der Waals surface area contributed by atoms with Crippen LogP contribution in [-0.2, 0) is 10.0 Å². The Labute approximate surface area is 174 Å². The number of amides is 1. The third-order valence-electron chi connectivity index (χ3n) is 4.61. The van der Waals surface area contributed by atoms with Crippen molar-refractivity contribution in [1.29, 1.82) is 0 Å². The Kier molecular flexibility index (Phi) is 7.10. The summed E-state index contributed by atoms with van der Waals surface area (Å²) in [6, 6.07) is 9.68. The Balaban J connectivity index is 1.62. The standard InChI is InChI=1S/C20H22ClFN2O4S/c21-19-9-8-17(29(26,27)24-11-2-1-3-12-24)14-18(19)20(25)23-10-13-28-16-6-4-15(22)5-7-16/h4-9,14H,1-3,10-13H2,(H,23,25). The van der Waals surface area contributed by atoms with Gasteiger partial charge in [0.25, 0.3) is 5.91 Å². The molecular formula is C20H22ClFN2O4S. The minimum absolute atomic E-state index is 0.0523. The molecule has 1 aliphatic heterocycles. The van der Waals surface area contributed by atoms with Crippen molar-refractivity contribution < 1.29 is 22.3 Å². The average Bonchev–Trinajstić information content (AvgIpc) is 2.73. The van der Waals surface area contributed by atoms with Gasteiger partial charge < -0.3 is 10.1 Å². The monoisotopic (exact) mass is 440 g/mol. The molecule has 2 aromatic rings. The van der Waals surface area contributed by atoms with Crippen LogP contribution in [-0.4, -0.2) is 44.9 Å². The van der Waals surface area contributed by atoms with Gasteiger partial charge in [-0.1, -0.05) is 18.0 Å². The summed E-state index contributed by atoms with van der Waals surface area (Å²) in [5.74, 6) is -0.374. The number of carbonyl (C=O) groups is 1. The number of nitrogens with zero attached hydrogens (tertiary/aromatic N) is 1. The summed E-state index contributed by atoms with van der Waals surface area (Å²) in [7, 11) is -3.66. The zero-order valence-corrected chi connectivity index (χ0v) is 17.3. The summed E-state index contributed by atoms with van der Waals surface area (Å²) < 4.78 is 45.4. The highest BCUT2D eigenvalue weighted by molar-refractivity contribution is 7.89. The lowest BCUT2D eigenvalue weighted by atomic mass is 10.2. The van der Waals surface area contributed by atoms with Crippen molar-refractivity contribution in [1.82, 2.24) is 9.62 Å². The van der Waals surface area contributed by atoms with Gasteiger partial charge in [0.05, 0.1) is 22.0 Å². The van der Waals surface area contributed by atoms with Crippen LogP contribution in [0.2, 0.25) is 5.02 Å². The van der Waals surface area contributed by atoms with Gasteiger partial charge in [-0.2, -0.15) is 4.31 Å². The largest absolute Gasteiger partial charge is 0.492 e. The van der Waals surface area contributed by atoms with Gasteiger partial charge in [0.1, 0.15) is 18.2 Å². The summed E-state index contributed by atoms with van der Waals surface area (Å²) in [6.45, 7) is 1.30. The van der Waals surface area contributed by atoms with Crippen LogP contribution < -0.4 is 10.1 Å². The first-order valence-corrected chi connectivity index (χ1v) is 11.2. The quantitative estimate of drug-likeness (QED) is 0.669. The van der Waals surface area contributed by atoms with Gasteiger partial charge in [0.2, 0.25) is 10.0 Å². The number of hydrogen-bond donors (Lipinski definition) is 1. The molecule has 3 rings (SSSR count). The summed E-state index contributed by atoms with van der Waals surface area (Å²) in [5, 5.41) is 2.81. The third kappa shape index (κ3) is 5.46. The van der Waals surface area contributed by atoms with Crippen LogP contribution >= 0.6 is 11.6 Å². The van der Waals surface area contributed by atoms with E-state index in [0.29, 0.717) is 18.8 Å². The number of ether oxygens (including phenoxy) is 1. The molecule has 156 valence electrons. The predicted octanol–water partition coefficient (Wildman–Crippen LogP) is 3.46. The van der Waals surface area contributed by atoms with Crippen LogP contribution in [0.15, 0.2) is 47.4 Å². The number of sulfonamides is 1. The summed E-state index contributed by atoms with van der Waals surface area (Å²) >= 11 is 6.11. The lowest BCUT2D eigenvalue weighted by Crippen LogP contribution is -2.35. The van der Waals surface area contributed by atoms with E-state index in [2.05, 4.69) is 5.32 Å². The van der Waals surface area contributed by atoms with E-state index in [0.717, 1.165) is 19.3 Å². The van der Waals surface area contributed by atoms with Gasteiger partial charge in [-0.05, 0) is 55.3 Å². The first kappa shape index (κ1) is 21.5. The highest BCUT2D eigenvalue weighted by Crippen LogP contribution is 2.25. The molecule has 0 atom stereocenters. The average molecular weight is 441 g/mol. The molecular weight excluding hydrogens is 419 g/mol. The van der Waals surface area contributed by atoms with Gasteiger partial charge in [-0.25, -0.2) is 12.8 Å². The Bertz CT molecular complexity index is 961. The van der Waals surface area contributed by atoms with Crippen LogP contribution in [0, 0.1) is 5.82 Å². The molecule has 0 spiro atoms. The van der Waals surface area contributed by atoms with Gasteiger partial charge in [0, 0.05) is 13.1 Å². The fourth-order valence-electron chi connectivity index (χ4n) is 3.05. The van der Waals surface area contributed by atoms with Crippen molar-refractivity contribution in [3.8, 4) is 5.75 Å². The first-order chi connectivity index (χ1) is 13.9. The molecule has 0 bridgehead atoms. The fraction of sp³-hybridized carbons (Fsp3) is 0.350. The second kappa shape index (κ2) is 9.56. The predicted molar refractivity (Wildman–Crippen MR) is 108 cm³/mol. The zero-order valence-electron chi connectivity index (χ0n) is 15.7. The van der Waals surface area contributed by atoms with E-state index < -0.39 is 15.9 Å². The second-order valence-corrected chi connectivity index (χ2v) is 9.01. The molecule has 9 heteroatoms. The number of hydrogen-bond acceptors (Lipinski definition) is 4. The van der Waals surface area contributed by atoms with Gasteiger partial charge >= 0.3 is 0 Å². The number of nitrogens with one attached hydrogen (secondary N) is 1. The molecule has 1 N–H and O–H groups in total.